The van der Waals surface area contributed by atoms with Gasteiger partial charge in [0.15, 0.2) is 0 Å². The highest BCUT2D eigenvalue weighted by molar-refractivity contribution is 6.37. The van der Waals surface area contributed by atoms with Gasteiger partial charge in [0.2, 0.25) is 0 Å². The highest BCUT2D eigenvalue weighted by Gasteiger charge is 2.30. The van der Waals surface area contributed by atoms with Crippen LogP contribution in [0.4, 0.5) is 4.39 Å². The number of allylic oxidation sites excluding steroid dienone is 2. The van der Waals surface area contributed by atoms with E-state index in [4.69, 9.17) is 11.6 Å². The van der Waals surface area contributed by atoms with Gasteiger partial charge >= 0.3 is 0 Å². The van der Waals surface area contributed by atoms with Crippen LogP contribution in [0.2, 0.25) is 0 Å². The summed E-state index contributed by atoms with van der Waals surface area (Å²) in [5.41, 5.74) is 2.23. The molecule has 2 atom stereocenters. The van der Waals surface area contributed by atoms with E-state index in [-0.39, 0.29) is 11.9 Å². The van der Waals surface area contributed by atoms with E-state index in [9.17, 15) is 4.39 Å². The molecule has 1 aromatic carbocycles. The Balaban J connectivity index is 1.74. The predicted molar refractivity (Wildman–Crippen MR) is 99.8 cm³/mol. The lowest BCUT2D eigenvalue weighted by molar-refractivity contribution is 0.213. The summed E-state index contributed by atoms with van der Waals surface area (Å²) >= 11 is 6.53. The fraction of sp³-hybridized carbons (Fsp3) is 0.316. The van der Waals surface area contributed by atoms with Gasteiger partial charge in [-0.15, -0.1) is 0 Å². The first-order valence-corrected chi connectivity index (χ1v) is 8.87. The van der Waals surface area contributed by atoms with Gasteiger partial charge in [0.1, 0.15) is 11.6 Å². The van der Waals surface area contributed by atoms with Gasteiger partial charge in [0, 0.05) is 47.4 Å². The van der Waals surface area contributed by atoms with Gasteiger partial charge in [-0.05, 0) is 25.1 Å². The van der Waals surface area contributed by atoms with Crippen molar-refractivity contribution in [3.8, 4) is 0 Å². The standard InChI is InChI=1S/C19H20ClFN4/c1-12-10-22-6-7-25(12)19-15-8-16(20)14(9-18(15)23-11-24-19)13-4-2-3-5-17(13)21/h2-5,8-9,11-12,18,22H,6-7,10H2,1H3,(H,23,24). The van der Waals surface area contributed by atoms with Crippen LogP contribution in [0.3, 0.4) is 0 Å². The number of nitrogens with one attached hydrogen (secondary N) is 2. The van der Waals surface area contributed by atoms with Crippen LogP contribution in [0.25, 0.3) is 5.57 Å². The van der Waals surface area contributed by atoms with E-state index in [0.717, 1.165) is 31.0 Å². The molecule has 0 spiro atoms. The Morgan fingerprint density at radius 2 is 2.16 bits per heavy atom. The van der Waals surface area contributed by atoms with Gasteiger partial charge in [0.05, 0.1) is 12.4 Å². The molecule has 2 heterocycles. The van der Waals surface area contributed by atoms with Gasteiger partial charge in [-0.1, -0.05) is 29.8 Å². The van der Waals surface area contributed by atoms with Gasteiger partial charge < -0.3 is 15.5 Å². The van der Waals surface area contributed by atoms with E-state index < -0.39 is 0 Å². The maximum atomic E-state index is 14.2. The first-order chi connectivity index (χ1) is 12.1. The Labute approximate surface area is 151 Å². The summed E-state index contributed by atoms with van der Waals surface area (Å²) in [6, 6.07) is 6.91. The first-order valence-electron chi connectivity index (χ1n) is 8.49. The summed E-state index contributed by atoms with van der Waals surface area (Å²) in [5, 5.41) is 7.22. The van der Waals surface area contributed by atoms with E-state index in [0.29, 0.717) is 22.2 Å². The van der Waals surface area contributed by atoms with Crippen molar-refractivity contribution in [3.63, 3.8) is 0 Å². The Morgan fingerprint density at radius 3 is 2.96 bits per heavy atom. The molecule has 1 saturated heterocycles. The summed E-state index contributed by atoms with van der Waals surface area (Å²) in [6.07, 6.45) is 5.59. The zero-order valence-electron chi connectivity index (χ0n) is 14.0. The molecular formula is C19H20ClFN4. The predicted octanol–water partition coefficient (Wildman–Crippen LogP) is 2.85. The van der Waals surface area contributed by atoms with Crippen molar-refractivity contribution < 1.29 is 4.39 Å². The molecule has 1 fully saturated rings. The molecule has 3 aliphatic rings. The molecule has 0 amide bonds. The average Bonchev–Trinajstić information content (AvgIpc) is 2.62. The maximum absolute atomic E-state index is 14.2. The maximum Gasteiger partial charge on any atom is 0.131 e. The molecule has 0 radical (unpaired) electrons. The summed E-state index contributed by atoms with van der Waals surface area (Å²) in [5.74, 6) is 0.762. The summed E-state index contributed by atoms with van der Waals surface area (Å²) < 4.78 is 14.2. The number of benzene rings is 1. The average molecular weight is 359 g/mol. The molecule has 2 aliphatic heterocycles. The van der Waals surface area contributed by atoms with Crippen LogP contribution >= 0.6 is 11.6 Å². The molecule has 6 heteroatoms. The third-order valence-corrected chi connectivity index (χ3v) is 5.16. The van der Waals surface area contributed by atoms with Crippen molar-refractivity contribution in [2.75, 3.05) is 19.6 Å². The van der Waals surface area contributed by atoms with Crippen molar-refractivity contribution in [3.05, 3.63) is 64.2 Å². The van der Waals surface area contributed by atoms with Crippen molar-refractivity contribution >= 4 is 23.5 Å². The normalized spacial score (nSPS) is 26.0. The molecule has 1 aliphatic carbocycles. The van der Waals surface area contributed by atoms with Crippen LogP contribution in [-0.2, 0) is 0 Å². The number of hydrogen-bond acceptors (Lipinski definition) is 4. The van der Waals surface area contributed by atoms with Crippen molar-refractivity contribution in [1.29, 1.82) is 0 Å². The highest BCUT2D eigenvalue weighted by atomic mass is 35.5. The number of fused-ring (bicyclic) bond motifs is 1. The molecule has 0 aromatic heterocycles. The Hall–Kier alpha value is -2.11. The van der Waals surface area contributed by atoms with Crippen LogP contribution in [0.5, 0.6) is 0 Å². The van der Waals surface area contributed by atoms with Crippen LogP contribution in [0.1, 0.15) is 12.5 Å². The molecule has 0 bridgehead atoms. The fourth-order valence-corrected chi connectivity index (χ4v) is 3.82. The second-order valence-corrected chi connectivity index (χ2v) is 6.88. The Kier molecular flexibility index (Phi) is 4.36. The van der Waals surface area contributed by atoms with E-state index in [2.05, 4.69) is 27.4 Å². The molecule has 1 aromatic rings. The van der Waals surface area contributed by atoms with Crippen molar-refractivity contribution in [2.45, 2.75) is 19.0 Å². The SMILES string of the molecule is CC1CNCCN1C1=C2C=C(Cl)C(c3ccccc3F)=CC2N=CN1. The number of hydrogen-bond donors (Lipinski definition) is 2. The zero-order valence-corrected chi connectivity index (χ0v) is 14.7. The second kappa shape index (κ2) is 6.65. The summed E-state index contributed by atoms with van der Waals surface area (Å²) in [6.45, 7) is 4.99. The van der Waals surface area contributed by atoms with Crippen LogP contribution < -0.4 is 10.6 Å². The lowest BCUT2D eigenvalue weighted by Gasteiger charge is -2.40. The lowest BCUT2D eigenvalue weighted by atomic mass is 9.92. The minimum absolute atomic E-state index is 0.157. The Morgan fingerprint density at radius 1 is 1.32 bits per heavy atom. The number of rotatable bonds is 2. The molecule has 4 nitrogen and oxygen atoms in total. The van der Waals surface area contributed by atoms with E-state index >= 15 is 0 Å². The largest absolute Gasteiger partial charge is 0.353 e. The number of nitrogens with zero attached hydrogens (tertiary/aromatic N) is 2. The number of halogens is 2. The van der Waals surface area contributed by atoms with E-state index in [1.165, 1.54) is 6.07 Å². The second-order valence-electron chi connectivity index (χ2n) is 6.47. The quantitative estimate of drug-likeness (QED) is 0.854. The van der Waals surface area contributed by atoms with Crippen LogP contribution in [-0.4, -0.2) is 43.0 Å². The Bertz CT molecular complexity index is 811. The molecular weight excluding hydrogens is 339 g/mol. The van der Waals surface area contributed by atoms with E-state index in [1.54, 1.807) is 18.5 Å². The monoisotopic (exact) mass is 358 g/mol. The minimum Gasteiger partial charge on any atom is -0.353 e. The van der Waals surface area contributed by atoms with Crippen molar-refractivity contribution in [1.82, 2.24) is 15.5 Å². The third kappa shape index (κ3) is 2.98. The van der Waals surface area contributed by atoms with Gasteiger partial charge in [0.25, 0.3) is 0 Å². The van der Waals surface area contributed by atoms with Gasteiger partial charge in [-0.2, -0.15) is 0 Å². The first kappa shape index (κ1) is 16.4. The topological polar surface area (TPSA) is 39.7 Å². The lowest BCUT2D eigenvalue weighted by Crippen LogP contribution is -2.52. The zero-order chi connectivity index (χ0) is 17.4. The van der Waals surface area contributed by atoms with E-state index in [1.807, 2.05) is 18.2 Å². The molecule has 4 rings (SSSR count). The molecule has 2 unspecified atom stereocenters. The number of piperazine rings is 1. The molecule has 2 N–H and O–H groups in total. The molecule has 130 valence electrons. The summed E-state index contributed by atoms with van der Waals surface area (Å²) in [4.78, 5) is 6.86. The third-order valence-electron chi connectivity index (χ3n) is 4.85. The number of aliphatic imine (C=N–C) groups is 1. The van der Waals surface area contributed by atoms with Crippen LogP contribution in [0.15, 0.2) is 57.8 Å². The van der Waals surface area contributed by atoms with Gasteiger partial charge in [-0.3, -0.25) is 4.99 Å². The fourth-order valence-electron chi connectivity index (χ4n) is 3.54. The van der Waals surface area contributed by atoms with Crippen molar-refractivity contribution in [2.24, 2.45) is 4.99 Å². The summed E-state index contributed by atoms with van der Waals surface area (Å²) in [7, 11) is 0. The minimum atomic E-state index is -0.276. The van der Waals surface area contributed by atoms with Gasteiger partial charge in [-0.25, -0.2) is 4.39 Å². The highest BCUT2D eigenvalue weighted by Crippen LogP contribution is 2.37. The van der Waals surface area contributed by atoms with Crippen LogP contribution in [0, 0.1) is 5.82 Å². The smallest absolute Gasteiger partial charge is 0.131 e. The molecule has 25 heavy (non-hydrogen) atoms. The molecule has 0 saturated carbocycles.